The zero-order chi connectivity index (χ0) is 14.5. The normalized spacial score (nSPS) is 12.2. The maximum absolute atomic E-state index is 6.28. The average Bonchev–Trinajstić information content (AvgIpc) is 2.41. The van der Waals surface area contributed by atoms with Gasteiger partial charge in [0.25, 0.3) is 0 Å². The van der Waals surface area contributed by atoms with Gasteiger partial charge in [0.15, 0.2) is 0 Å². The molecule has 106 valence electrons. The summed E-state index contributed by atoms with van der Waals surface area (Å²) >= 11 is 0. The van der Waals surface area contributed by atoms with E-state index in [1.807, 2.05) is 18.2 Å². The highest BCUT2D eigenvalue weighted by molar-refractivity contribution is 5.33. The van der Waals surface area contributed by atoms with Gasteiger partial charge in [-0.3, -0.25) is 0 Å². The minimum Gasteiger partial charge on any atom is -0.494 e. The molecule has 0 saturated heterocycles. The number of rotatable bonds is 5. The highest BCUT2D eigenvalue weighted by Gasteiger charge is 2.09. The molecule has 1 atom stereocenters. The van der Waals surface area contributed by atoms with E-state index >= 15 is 0 Å². The van der Waals surface area contributed by atoms with Crippen LogP contribution in [0.2, 0.25) is 0 Å². The number of hydrogen-bond acceptors (Lipinski definition) is 2. The van der Waals surface area contributed by atoms with E-state index in [1.54, 1.807) is 0 Å². The lowest BCUT2D eigenvalue weighted by atomic mass is 9.98. The SMILES string of the molecule is Cc1cccc(OCCC(N)c2cc(C)ccc2C)c1. The molecule has 0 aliphatic carbocycles. The molecule has 0 heterocycles. The minimum absolute atomic E-state index is 0.0275. The van der Waals surface area contributed by atoms with Crippen LogP contribution in [0.4, 0.5) is 0 Å². The molecule has 20 heavy (non-hydrogen) atoms. The van der Waals surface area contributed by atoms with Crippen molar-refractivity contribution in [3.63, 3.8) is 0 Å². The standard InChI is InChI=1S/C18H23NO/c1-13-5-4-6-16(11-13)20-10-9-18(19)17-12-14(2)7-8-15(17)3/h4-8,11-12,18H,9-10,19H2,1-3H3. The van der Waals surface area contributed by atoms with Crippen LogP contribution in [0.5, 0.6) is 5.75 Å². The third kappa shape index (κ3) is 3.84. The highest BCUT2D eigenvalue weighted by atomic mass is 16.5. The molecule has 0 aliphatic rings. The molecule has 2 aromatic rings. The lowest BCUT2D eigenvalue weighted by molar-refractivity contribution is 0.298. The zero-order valence-electron chi connectivity index (χ0n) is 12.5. The lowest BCUT2D eigenvalue weighted by Crippen LogP contribution is -2.15. The Balaban J connectivity index is 1.92. The van der Waals surface area contributed by atoms with E-state index in [2.05, 4.69) is 45.0 Å². The van der Waals surface area contributed by atoms with Crippen molar-refractivity contribution >= 4 is 0 Å². The number of aryl methyl sites for hydroxylation is 3. The Bertz CT molecular complexity index is 577. The van der Waals surface area contributed by atoms with Crippen LogP contribution in [-0.2, 0) is 0 Å². The van der Waals surface area contributed by atoms with Gasteiger partial charge in [-0.1, -0.05) is 35.9 Å². The van der Waals surface area contributed by atoms with Crippen molar-refractivity contribution in [3.05, 3.63) is 64.7 Å². The molecular formula is C18H23NO. The average molecular weight is 269 g/mol. The second-order valence-corrected chi connectivity index (χ2v) is 5.42. The summed E-state index contributed by atoms with van der Waals surface area (Å²) in [4.78, 5) is 0. The third-order valence-electron chi connectivity index (χ3n) is 3.52. The lowest BCUT2D eigenvalue weighted by Gasteiger charge is -2.16. The second-order valence-electron chi connectivity index (χ2n) is 5.42. The smallest absolute Gasteiger partial charge is 0.119 e. The molecular weight excluding hydrogens is 246 g/mol. The van der Waals surface area contributed by atoms with Crippen LogP contribution in [0.25, 0.3) is 0 Å². The summed E-state index contributed by atoms with van der Waals surface area (Å²) in [5.41, 5.74) is 11.2. The first-order chi connectivity index (χ1) is 9.56. The van der Waals surface area contributed by atoms with E-state index in [-0.39, 0.29) is 6.04 Å². The largest absolute Gasteiger partial charge is 0.494 e. The Hall–Kier alpha value is -1.80. The minimum atomic E-state index is 0.0275. The molecule has 0 amide bonds. The first kappa shape index (κ1) is 14.6. The molecule has 0 bridgehead atoms. The topological polar surface area (TPSA) is 35.2 Å². The number of nitrogens with two attached hydrogens (primary N) is 1. The van der Waals surface area contributed by atoms with E-state index in [1.165, 1.54) is 22.3 Å². The van der Waals surface area contributed by atoms with Crippen LogP contribution < -0.4 is 10.5 Å². The number of benzene rings is 2. The van der Waals surface area contributed by atoms with Gasteiger partial charge in [0.05, 0.1) is 6.61 Å². The van der Waals surface area contributed by atoms with E-state index in [0.29, 0.717) is 6.61 Å². The molecule has 0 spiro atoms. The molecule has 0 fully saturated rings. The highest BCUT2D eigenvalue weighted by Crippen LogP contribution is 2.21. The molecule has 2 N–H and O–H groups in total. The molecule has 2 heteroatoms. The van der Waals surface area contributed by atoms with Crippen molar-refractivity contribution in [3.8, 4) is 5.75 Å². The van der Waals surface area contributed by atoms with Crippen molar-refractivity contribution < 1.29 is 4.74 Å². The van der Waals surface area contributed by atoms with Gasteiger partial charge in [-0.15, -0.1) is 0 Å². The Morgan fingerprint density at radius 3 is 2.50 bits per heavy atom. The fourth-order valence-corrected chi connectivity index (χ4v) is 2.32. The summed E-state index contributed by atoms with van der Waals surface area (Å²) < 4.78 is 5.77. The van der Waals surface area contributed by atoms with Gasteiger partial charge in [-0.25, -0.2) is 0 Å². The Morgan fingerprint density at radius 2 is 1.75 bits per heavy atom. The van der Waals surface area contributed by atoms with Crippen molar-refractivity contribution in [2.45, 2.75) is 33.2 Å². The van der Waals surface area contributed by atoms with Gasteiger partial charge in [0.1, 0.15) is 5.75 Å². The van der Waals surface area contributed by atoms with Crippen LogP contribution in [0, 0.1) is 20.8 Å². The van der Waals surface area contributed by atoms with Gasteiger partial charge >= 0.3 is 0 Å². The number of hydrogen-bond donors (Lipinski definition) is 1. The monoisotopic (exact) mass is 269 g/mol. The molecule has 0 radical (unpaired) electrons. The fourth-order valence-electron chi connectivity index (χ4n) is 2.32. The van der Waals surface area contributed by atoms with Crippen molar-refractivity contribution in [2.75, 3.05) is 6.61 Å². The number of ether oxygens (including phenoxy) is 1. The van der Waals surface area contributed by atoms with Gasteiger partial charge in [-0.2, -0.15) is 0 Å². The van der Waals surface area contributed by atoms with Crippen LogP contribution in [0.1, 0.15) is 34.7 Å². The van der Waals surface area contributed by atoms with Gasteiger partial charge in [0, 0.05) is 12.5 Å². The summed E-state index contributed by atoms with van der Waals surface area (Å²) in [5.74, 6) is 0.915. The van der Waals surface area contributed by atoms with Gasteiger partial charge in [-0.05, 0) is 49.6 Å². The zero-order valence-corrected chi connectivity index (χ0v) is 12.5. The van der Waals surface area contributed by atoms with Crippen molar-refractivity contribution in [2.24, 2.45) is 5.73 Å². The first-order valence-electron chi connectivity index (χ1n) is 7.08. The van der Waals surface area contributed by atoms with Crippen LogP contribution >= 0.6 is 0 Å². The summed E-state index contributed by atoms with van der Waals surface area (Å²) in [6.07, 6.45) is 0.818. The predicted octanol–water partition coefficient (Wildman–Crippen LogP) is 4.08. The molecule has 2 rings (SSSR count). The predicted molar refractivity (Wildman–Crippen MR) is 84.1 cm³/mol. The second kappa shape index (κ2) is 6.58. The maximum Gasteiger partial charge on any atom is 0.119 e. The molecule has 2 nitrogen and oxygen atoms in total. The summed E-state index contributed by atoms with van der Waals surface area (Å²) in [6, 6.07) is 14.6. The summed E-state index contributed by atoms with van der Waals surface area (Å²) in [5, 5.41) is 0. The van der Waals surface area contributed by atoms with Crippen LogP contribution in [-0.4, -0.2) is 6.61 Å². The Morgan fingerprint density at radius 1 is 1.00 bits per heavy atom. The summed E-state index contributed by atoms with van der Waals surface area (Å²) in [7, 11) is 0. The van der Waals surface area contributed by atoms with E-state index in [0.717, 1.165) is 12.2 Å². The van der Waals surface area contributed by atoms with Crippen molar-refractivity contribution in [1.29, 1.82) is 0 Å². The molecule has 0 saturated carbocycles. The summed E-state index contributed by atoms with van der Waals surface area (Å²) in [6.45, 7) is 6.90. The van der Waals surface area contributed by atoms with Crippen LogP contribution in [0.15, 0.2) is 42.5 Å². The Labute approximate surface area is 121 Å². The molecule has 0 aromatic heterocycles. The first-order valence-corrected chi connectivity index (χ1v) is 7.08. The van der Waals surface area contributed by atoms with E-state index in [9.17, 15) is 0 Å². The quantitative estimate of drug-likeness (QED) is 0.887. The van der Waals surface area contributed by atoms with Gasteiger partial charge < -0.3 is 10.5 Å². The fraction of sp³-hybridized carbons (Fsp3) is 0.333. The third-order valence-corrected chi connectivity index (χ3v) is 3.52. The molecule has 1 unspecified atom stereocenters. The molecule has 0 aliphatic heterocycles. The van der Waals surface area contributed by atoms with E-state index in [4.69, 9.17) is 10.5 Å². The van der Waals surface area contributed by atoms with Crippen molar-refractivity contribution in [1.82, 2.24) is 0 Å². The maximum atomic E-state index is 6.28. The van der Waals surface area contributed by atoms with Gasteiger partial charge in [0.2, 0.25) is 0 Å². The Kier molecular flexibility index (Phi) is 4.80. The van der Waals surface area contributed by atoms with E-state index < -0.39 is 0 Å². The molecule has 2 aromatic carbocycles. The van der Waals surface area contributed by atoms with Crippen LogP contribution in [0.3, 0.4) is 0 Å².